The van der Waals surface area contributed by atoms with Crippen LogP contribution in [0.25, 0.3) is 0 Å². The summed E-state index contributed by atoms with van der Waals surface area (Å²) in [4.78, 5) is 15.5. The molecule has 1 amide bonds. The summed E-state index contributed by atoms with van der Waals surface area (Å²) in [7, 11) is 2.13. The molecule has 1 saturated heterocycles. The number of hydrogen-bond acceptors (Lipinski definition) is 2. The summed E-state index contributed by atoms with van der Waals surface area (Å²) in [6, 6.07) is 5.72. The van der Waals surface area contributed by atoms with Gasteiger partial charge in [-0.3, -0.25) is 4.79 Å². The highest BCUT2D eigenvalue weighted by Crippen LogP contribution is 2.14. The summed E-state index contributed by atoms with van der Waals surface area (Å²) in [6.07, 6.45) is -0.538. The zero-order chi connectivity index (χ0) is 13.8. The maximum Gasteiger partial charge on any atom is 0.263 e. The van der Waals surface area contributed by atoms with E-state index in [1.54, 1.807) is 6.92 Å². The van der Waals surface area contributed by atoms with Crippen molar-refractivity contribution in [2.24, 2.45) is 0 Å². The second-order valence-electron chi connectivity index (χ2n) is 5.00. The Morgan fingerprint density at radius 1 is 1.32 bits per heavy atom. The smallest absolute Gasteiger partial charge is 0.263 e. The van der Waals surface area contributed by atoms with Gasteiger partial charge in [0.1, 0.15) is 11.6 Å². The number of carbonyl (C=O) groups is 1. The number of amides is 1. The minimum atomic E-state index is -0.538. The van der Waals surface area contributed by atoms with E-state index in [0.29, 0.717) is 5.75 Å². The van der Waals surface area contributed by atoms with Crippen LogP contribution in [0.5, 0.6) is 5.75 Å². The number of piperazine rings is 1. The topological polar surface area (TPSA) is 34.0 Å². The van der Waals surface area contributed by atoms with Crippen molar-refractivity contribution in [3.8, 4) is 5.75 Å². The van der Waals surface area contributed by atoms with Gasteiger partial charge in [0.05, 0.1) is 33.2 Å². The number of likely N-dealkylation sites (N-methyl/N-ethyl adjacent to an activating group) is 1. The quantitative estimate of drug-likeness (QED) is 0.833. The van der Waals surface area contributed by atoms with Crippen LogP contribution < -0.4 is 9.64 Å². The van der Waals surface area contributed by atoms with Gasteiger partial charge in [-0.1, -0.05) is 0 Å². The lowest BCUT2D eigenvalue weighted by Gasteiger charge is -2.31. The van der Waals surface area contributed by atoms with Gasteiger partial charge in [0.15, 0.2) is 6.10 Å². The zero-order valence-corrected chi connectivity index (χ0v) is 11.4. The third-order valence-corrected chi connectivity index (χ3v) is 3.40. The Bertz CT molecular complexity index is 428. The molecule has 0 radical (unpaired) electrons. The standard InChI is InChI=1S/C14H19FN2O2/c1-11(19-13-5-3-12(15)4-6-13)14(18)17-9-7-16(2)8-10-17/h3-6,11H,7-10H2,1-2H3/p+1/t11-/m0/s1. The van der Waals surface area contributed by atoms with Crippen LogP contribution >= 0.6 is 0 Å². The predicted molar refractivity (Wildman–Crippen MR) is 69.7 cm³/mol. The van der Waals surface area contributed by atoms with Crippen LogP contribution in [-0.2, 0) is 4.79 Å². The molecule has 19 heavy (non-hydrogen) atoms. The maximum absolute atomic E-state index is 12.8. The number of nitrogens with one attached hydrogen (secondary N) is 1. The van der Waals surface area contributed by atoms with E-state index in [-0.39, 0.29) is 11.7 Å². The molecule has 0 bridgehead atoms. The molecular weight excluding hydrogens is 247 g/mol. The average Bonchev–Trinajstić information content (AvgIpc) is 2.41. The zero-order valence-electron chi connectivity index (χ0n) is 11.4. The van der Waals surface area contributed by atoms with Gasteiger partial charge in [0.2, 0.25) is 0 Å². The number of rotatable bonds is 3. The van der Waals surface area contributed by atoms with Gasteiger partial charge in [-0.15, -0.1) is 0 Å². The summed E-state index contributed by atoms with van der Waals surface area (Å²) in [5, 5.41) is 0. The first-order valence-corrected chi connectivity index (χ1v) is 6.58. The number of benzene rings is 1. The molecule has 0 aliphatic carbocycles. The van der Waals surface area contributed by atoms with Gasteiger partial charge >= 0.3 is 0 Å². The molecule has 0 spiro atoms. The first kappa shape index (κ1) is 13.8. The van der Waals surface area contributed by atoms with Crippen molar-refractivity contribution in [2.45, 2.75) is 13.0 Å². The summed E-state index contributed by atoms with van der Waals surface area (Å²) in [5.41, 5.74) is 0. The Morgan fingerprint density at radius 3 is 2.47 bits per heavy atom. The van der Waals surface area contributed by atoms with Gasteiger partial charge in [-0.2, -0.15) is 0 Å². The van der Waals surface area contributed by atoms with Crippen LogP contribution in [0.1, 0.15) is 6.92 Å². The lowest BCUT2D eigenvalue weighted by atomic mass is 10.2. The molecule has 1 aromatic rings. The Kier molecular flexibility index (Phi) is 4.37. The summed E-state index contributed by atoms with van der Waals surface area (Å²) >= 11 is 0. The number of halogens is 1. The lowest BCUT2D eigenvalue weighted by molar-refractivity contribution is -0.883. The second kappa shape index (κ2) is 6.02. The summed E-state index contributed by atoms with van der Waals surface area (Å²) in [5.74, 6) is 0.201. The van der Waals surface area contributed by atoms with E-state index in [4.69, 9.17) is 4.74 Å². The molecule has 1 N–H and O–H groups in total. The molecule has 104 valence electrons. The molecule has 1 aliphatic rings. The van der Waals surface area contributed by atoms with Crippen LogP contribution in [-0.4, -0.2) is 50.1 Å². The van der Waals surface area contributed by atoms with Gasteiger partial charge in [0.25, 0.3) is 5.91 Å². The third-order valence-electron chi connectivity index (χ3n) is 3.40. The molecule has 1 atom stereocenters. The lowest BCUT2D eigenvalue weighted by Crippen LogP contribution is -3.12. The number of ether oxygens (including phenoxy) is 1. The molecule has 0 unspecified atom stereocenters. The van der Waals surface area contributed by atoms with E-state index in [1.807, 2.05) is 4.90 Å². The number of hydrogen-bond donors (Lipinski definition) is 1. The van der Waals surface area contributed by atoms with Crippen LogP contribution in [0, 0.1) is 5.82 Å². The van der Waals surface area contributed by atoms with Gasteiger partial charge in [-0.25, -0.2) is 4.39 Å². The molecule has 4 nitrogen and oxygen atoms in total. The van der Waals surface area contributed by atoms with E-state index < -0.39 is 6.10 Å². The van der Waals surface area contributed by atoms with Gasteiger partial charge in [0, 0.05) is 0 Å². The Morgan fingerprint density at radius 2 is 1.89 bits per heavy atom. The van der Waals surface area contributed by atoms with Crippen LogP contribution in [0.4, 0.5) is 4.39 Å². The van der Waals surface area contributed by atoms with E-state index in [1.165, 1.54) is 29.2 Å². The third kappa shape index (κ3) is 3.67. The molecule has 1 aliphatic heterocycles. The minimum absolute atomic E-state index is 0.00294. The Labute approximate surface area is 112 Å². The molecule has 2 rings (SSSR count). The number of nitrogens with zero attached hydrogens (tertiary/aromatic N) is 1. The summed E-state index contributed by atoms with van der Waals surface area (Å²) in [6.45, 7) is 5.20. The van der Waals surface area contributed by atoms with E-state index in [2.05, 4.69) is 7.05 Å². The van der Waals surface area contributed by atoms with Crippen molar-refractivity contribution in [1.29, 1.82) is 0 Å². The normalized spacial score (nSPS) is 18.2. The molecule has 0 saturated carbocycles. The molecule has 1 aromatic carbocycles. The van der Waals surface area contributed by atoms with Crippen molar-refractivity contribution < 1.29 is 18.8 Å². The second-order valence-corrected chi connectivity index (χ2v) is 5.00. The average molecular weight is 267 g/mol. The van der Waals surface area contributed by atoms with Crippen molar-refractivity contribution in [3.63, 3.8) is 0 Å². The van der Waals surface area contributed by atoms with Crippen molar-refractivity contribution in [1.82, 2.24) is 4.90 Å². The SMILES string of the molecule is C[C@H](Oc1ccc(F)cc1)C(=O)N1CC[NH+](C)CC1. The number of quaternary nitrogens is 1. The fourth-order valence-corrected chi connectivity index (χ4v) is 2.13. The highest BCUT2D eigenvalue weighted by molar-refractivity contribution is 5.81. The van der Waals surface area contributed by atoms with E-state index >= 15 is 0 Å². The first-order chi connectivity index (χ1) is 9.06. The predicted octanol–water partition coefficient (Wildman–Crippen LogP) is -0.0501. The first-order valence-electron chi connectivity index (χ1n) is 6.58. The van der Waals surface area contributed by atoms with Crippen molar-refractivity contribution in [3.05, 3.63) is 30.1 Å². The van der Waals surface area contributed by atoms with Crippen LogP contribution in [0.3, 0.4) is 0 Å². The monoisotopic (exact) mass is 267 g/mol. The fraction of sp³-hybridized carbons (Fsp3) is 0.500. The van der Waals surface area contributed by atoms with Crippen LogP contribution in [0.15, 0.2) is 24.3 Å². The Balaban J connectivity index is 1.90. The molecule has 5 heteroatoms. The van der Waals surface area contributed by atoms with Crippen molar-refractivity contribution in [2.75, 3.05) is 33.2 Å². The fourth-order valence-electron chi connectivity index (χ4n) is 2.13. The van der Waals surface area contributed by atoms with E-state index in [9.17, 15) is 9.18 Å². The van der Waals surface area contributed by atoms with E-state index in [0.717, 1.165) is 26.2 Å². The summed E-state index contributed by atoms with van der Waals surface area (Å²) < 4.78 is 18.3. The maximum atomic E-state index is 12.8. The number of carbonyl (C=O) groups excluding carboxylic acids is 1. The molecule has 0 aromatic heterocycles. The highest BCUT2D eigenvalue weighted by atomic mass is 19.1. The minimum Gasteiger partial charge on any atom is -0.481 e. The molecule has 1 fully saturated rings. The molecular formula is C14H20FN2O2+. The van der Waals surface area contributed by atoms with Gasteiger partial charge in [-0.05, 0) is 31.2 Å². The van der Waals surface area contributed by atoms with Crippen molar-refractivity contribution >= 4 is 5.91 Å². The van der Waals surface area contributed by atoms with Crippen LogP contribution in [0.2, 0.25) is 0 Å². The van der Waals surface area contributed by atoms with Gasteiger partial charge < -0.3 is 14.5 Å². The highest BCUT2D eigenvalue weighted by Gasteiger charge is 2.26. The molecule has 1 heterocycles. The Hall–Kier alpha value is -1.62. The largest absolute Gasteiger partial charge is 0.481 e.